The van der Waals surface area contributed by atoms with Gasteiger partial charge in [-0.05, 0) is 59.5 Å². The molecule has 1 aliphatic heterocycles. The number of amides is 1. The first-order chi connectivity index (χ1) is 22.1. The zero-order chi connectivity index (χ0) is 31.3. The molecule has 2 atom stereocenters. The number of aliphatic hydroxyl groups is 1. The van der Waals surface area contributed by atoms with Crippen LogP contribution in [0.3, 0.4) is 0 Å². The molecule has 0 aliphatic carbocycles. The third kappa shape index (κ3) is 8.17. The number of nitrogens with one attached hydrogen (secondary N) is 2. The van der Waals surface area contributed by atoms with Crippen molar-refractivity contribution in [2.24, 2.45) is 4.99 Å². The van der Waals surface area contributed by atoms with Gasteiger partial charge in [0.05, 0.1) is 13.7 Å². The maximum absolute atomic E-state index is 14.3. The lowest BCUT2D eigenvalue weighted by Gasteiger charge is -2.30. The third-order valence-corrected chi connectivity index (χ3v) is 7.55. The molecule has 4 aromatic rings. The summed E-state index contributed by atoms with van der Waals surface area (Å²) in [7, 11) is 1.61. The summed E-state index contributed by atoms with van der Waals surface area (Å²) in [4.78, 5) is 19.3. The number of hydrazine groups is 1. The van der Waals surface area contributed by atoms with Crippen LogP contribution in [0.25, 0.3) is 6.08 Å². The largest absolute Gasteiger partial charge is 0.497 e. The second-order valence-corrected chi connectivity index (χ2v) is 10.7. The fourth-order valence-corrected chi connectivity index (χ4v) is 5.16. The number of aliphatic imine (C=N–C) groups is 1. The molecular weight excluding hydrogens is 566 g/mol. The maximum Gasteiger partial charge on any atom is 0.266 e. The Bertz CT molecular complexity index is 1570. The number of nitrogens with zero attached hydrogens (tertiary/aromatic N) is 1. The molecule has 0 fully saturated rings. The Morgan fingerprint density at radius 3 is 2.44 bits per heavy atom. The van der Waals surface area contributed by atoms with Crippen molar-refractivity contribution >= 4 is 17.9 Å². The van der Waals surface area contributed by atoms with Gasteiger partial charge in [-0.2, -0.15) is 0 Å². The van der Waals surface area contributed by atoms with Crippen molar-refractivity contribution in [1.29, 1.82) is 0 Å². The number of hydrogen-bond donors (Lipinski definition) is 3. The molecule has 3 N–H and O–H groups in total. The molecular formula is C37H39N3O5. The lowest BCUT2D eigenvalue weighted by molar-refractivity contribution is -0.129. The van der Waals surface area contributed by atoms with Crippen LogP contribution in [0, 0.1) is 0 Å². The predicted octanol–water partition coefficient (Wildman–Crippen LogP) is 5.68. The van der Waals surface area contributed by atoms with E-state index in [4.69, 9.17) is 24.3 Å². The van der Waals surface area contributed by atoms with Gasteiger partial charge >= 0.3 is 0 Å². The first kappa shape index (κ1) is 31.5. The van der Waals surface area contributed by atoms with E-state index in [1.807, 2.05) is 109 Å². The molecule has 0 bridgehead atoms. The Morgan fingerprint density at radius 1 is 0.956 bits per heavy atom. The minimum atomic E-state index is -1.33. The topological polar surface area (TPSA) is 101 Å². The van der Waals surface area contributed by atoms with Gasteiger partial charge in [0.25, 0.3) is 5.91 Å². The zero-order valence-electron chi connectivity index (χ0n) is 25.4. The van der Waals surface area contributed by atoms with Crippen LogP contribution >= 0.6 is 0 Å². The Balaban J connectivity index is 1.47. The minimum absolute atomic E-state index is 0.0678. The van der Waals surface area contributed by atoms with E-state index >= 15 is 0 Å². The molecule has 1 amide bonds. The number of methoxy groups -OCH3 is 1. The normalized spacial score (nSPS) is 17.5. The number of aliphatic hydroxyl groups excluding tert-OH is 1. The minimum Gasteiger partial charge on any atom is -0.497 e. The van der Waals surface area contributed by atoms with Gasteiger partial charge in [0, 0.05) is 31.6 Å². The summed E-state index contributed by atoms with van der Waals surface area (Å²) in [6.07, 6.45) is 4.81. The molecule has 0 spiro atoms. The highest BCUT2D eigenvalue weighted by Crippen LogP contribution is 2.43. The van der Waals surface area contributed by atoms with E-state index < -0.39 is 11.6 Å². The number of ether oxygens (including phenoxy) is 3. The monoisotopic (exact) mass is 605 g/mol. The molecule has 4 aromatic carbocycles. The molecule has 0 saturated carbocycles. The van der Waals surface area contributed by atoms with Gasteiger partial charge in [-0.3, -0.25) is 10.2 Å². The maximum atomic E-state index is 14.3. The van der Waals surface area contributed by atoms with Crippen LogP contribution in [0.4, 0.5) is 0 Å². The van der Waals surface area contributed by atoms with Crippen molar-refractivity contribution in [2.45, 2.75) is 30.9 Å². The second-order valence-electron chi connectivity index (χ2n) is 10.7. The fraction of sp³-hybridized carbons (Fsp3) is 0.243. The summed E-state index contributed by atoms with van der Waals surface area (Å²) >= 11 is 0. The Hall–Kier alpha value is -4.92. The SMILES string of the molecule is COc1cccc([C@@H]2OC(c3ccc(OCCCO)cc3)=N[C@]2(C/C=C/c2ccccc2)C(=O)NNCCc2ccccc2)c1. The molecule has 45 heavy (non-hydrogen) atoms. The highest BCUT2D eigenvalue weighted by atomic mass is 16.5. The third-order valence-electron chi connectivity index (χ3n) is 7.55. The number of benzene rings is 4. The summed E-state index contributed by atoms with van der Waals surface area (Å²) < 4.78 is 17.8. The number of rotatable bonds is 15. The lowest BCUT2D eigenvalue weighted by Crippen LogP contribution is -2.52. The average molecular weight is 606 g/mol. The highest BCUT2D eigenvalue weighted by molar-refractivity contribution is 6.01. The van der Waals surface area contributed by atoms with Crippen LogP contribution in [-0.2, 0) is 16.0 Å². The lowest BCUT2D eigenvalue weighted by atomic mass is 9.84. The first-order valence-electron chi connectivity index (χ1n) is 15.1. The van der Waals surface area contributed by atoms with Crippen molar-refractivity contribution in [3.8, 4) is 11.5 Å². The number of carbonyl (C=O) groups is 1. The standard InChI is InChI=1S/C37H39N3O5/c1-43-33-17-8-16-31(27-33)34-37(23-9-15-28-11-4-2-5-12-28,36(42)40-38-24-22-29-13-6-3-7-14-29)39-35(45-34)30-18-20-32(21-19-30)44-26-10-25-41/h2-9,11-21,27,34,38,41H,10,22-26H2,1H3,(H,40,42)/b15-9+/t34-,37-/m0/s1. The highest BCUT2D eigenvalue weighted by Gasteiger charge is 2.52. The summed E-state index contributed by atoms with van der Waals surface area (Å²) in [6, 6.07) is 35.0. The Labute approximate surface area is 264 Å². The van der Waals surface area contributed by atoms with Gasteiger partial charge in [-0.25, -0.2) is 10.4 Å². The predicted molar refractivity (Wildman–Crippen MR) is 176 cm³/mol. The van der Waals surface area contributed by atoms with Gasteiger partial charge < -0.3 is 19.3 Å². The Kier molecular flexibility index (Phi) is 11.0. The average Bonchev–Trinajstić information content (AvgIpc) is 3.49. The number of hydrogen-bond acceptors (Lipinski definition) is 7. The van der Waals surface area contributed by atoms with Gasteiger partial charge in [-0.15, -0.1) is 0 Å². The first-order valence-corrected chi connectivity index (χ1v) is 15.1. The van der Waals surface area contributed by atoms with Crippen LogP contribution in [0.1, 0.15) is 41.2 Å². The van der Waals surface area contributed by atoms with Crippen LogP contribution in [-0.4, -0.2) is 49.3 Å². The quantitative estimate of drug-likeness (QED) is 0.119. The van der Waals surface area contributed by atoms with Gasteiger partial charge in [0.15, 0.2) is 11.6 Å². The van der Waals surface area contributed by atoms with E-state index in [-0.39, 0.29) is 18.9 Å². The molecule has 0 aromatic heterocycles. The van der Waals surface area contributed by atoms with Crippen molar-refractivity contribution in [1.82, 2.24) is 10.9 Å². The van der Waals surface area contributed by atoms with Crippen LogP contribution in [0.2, 0.25) is 0 Å². The van der Waals surface area contributed by atoms with E-state index in [1.165, 1.54) is 5.56 Å². The van der Waals surface area contributed by atoms with E-state index in [9.17, 15) is 4.79 Å². The molecule has 0 radical (unpaired) electrons. The molecule has 1 heterocycles. The molecule has 1 aliphatic rings. The van der Waals surface area contributed by atoms with E-state index in [0.717, 1.165) is 23.1 Å². The van der Waals surface area contributed by atoms with Crippen molar-refractivity contribution in [3.05, 3.63) is 138 Å². The zero-order valence-corrected chi connectivity index (χ0v) is 25.4. The molecule has 0 saturated heterocycles. The van der Waals surface area contributed by atoms with Crippen molar-refractivity contribution < 1.29 is 24.1 Å². The molecule has 8 heteroatoms. The summed E-state index contributed by atoms with van der Waals surface area (Å²) in [5, 5.41) is 9.06. The summed E-state index contributed by atoms with van der Waals surface area (Å²) in [5.74, 6) is 1.38. The van der Waals surface area contributed by atoms with Gasteiger partial charge in [0.2, 0.25) is 5.90 Å². The van der Waals surface area contributed by atoms with Crippen LogP contribution in [0.5, 0.6) is 11.5 Å². The van der Waals surface area contributed by atoms with Crippen LogP contribution in [0.15, 0.2) is 120 Å². The Morgan fingerprint density at radius 2 is 1.71 bits per heavy atom. The van der Waals surface area contributed by atoms with Crippen molar-refractivity contribution in [2.75, 3.05) is 26.9 Å². The molecule has 0 unspecified atom stereocenters. The fourth-order valence-electron chi connectivity index (χ4n) is 5.16. The summed E-state index contributed by atoms with van der Waals surface area (Å²) in [6.45, 7) is 1.03. The van der Waals surface area contributed by atoms with E-state index in [0.29, 0.717) is 37.0 Å². The summed E-state index contributed by atoms with van der Waals surface area (Å²) in [5.41, 5.74) is 8.40. The molecule has 8 nitrogen and oxygen atoms in total. The smallest absolute Gasteiger partial charge is 0.266 e. The van der Waals surface area contributed by atoms with Crippen molar-refractivity contribution in [3.63, 3.8) is 0 Å². The van der Waals surface area contributed by atoms with Gasteiger partial charge in [0.1, 0.15) is 11.5 Å². The van der Waals surface area contributed by atoms with Crippen LogP contribution < -0.4 is 20.3 Å². The molecule has 5 rings (SSSR count). The second kappa shape index (κ2) is 15.7. The number of carbonyl (C=O) groups excluding carboxylic acids is 1. The van der Waals surface area contributed by atoms with E-state index in [2.05, 4.69) is 23.0 Å². The van der Waals surface area contributed by atoms with Gasteiger partial charge in [-0.1, -0.05) is 84.9 Å². The van der Waals surface area contributed by atoms with E-state index in [1.54, 1.807) is 7.11 Å². The molecule has 232 valence electrons.